The van der Waals surface area contributed by atoms with Gasteiger partial charge in [0, 0.05) is 44.2 Å². The number of phenols is 1. The fourth-order valence-corrected chi connectivity index (χ4v) is 4.06. The first-order chi connectivity index (χ1) is 13.1. The van der Waals surface area contributed by atoms with Gasteiger partial charge in [0.05, 0.1) is 0 Å². The third kappa shape index (κ3) is 5.02. The predicted molar refractivity (Wildman–Crippen MR) is 107 cm³/mol. The smallest absolute Gasteiger partial charge is 0.223 e. The normalized spacial score (nSPS) is 16.3. The lowest BCUT2D eigenvalue weighted by Gasteiger charge is -2.33. The van der Waals surface area contributed by atoms with Crippen molar-refractivity contribution in [3.05, 3.63) is 64.7 Å². The Kier molecular flexibility index (Phi) is 6.75. The van der Waals surface area contributed by atoms with E-state index in [0.29, 0.717) is 17.4 Å². The highest BCUT2D eigenvalue weighted by Crippen LogP contribution is 2.35. The first-order valence-electron chi connectivity index (χ1n) is 9.38. The Hall–Kier alpha value is -2.04. The van der Waals surface area contributed by atoms with E-state index in [4.69, 9.17) is 16.3 Å². The fraction of sp³-hybridized carbons (Fsp3) is 0.409. The molecule has 0 saturated carbocycles. The van der Waals surface area contributed by atoms with Gasteiger partial charge in [0.1, 0.15) is 5.75 Å². The number of carbonyl (C=O) groups is 1. The molecule has 0 unspecified atom stereocenters. The van der Waals surface area contributed by atoms with E-state index in [2.05, 4.69) is 0 Å². The van der Waals surface area contributed by atoms with Crippen molar-refractivity contribution >= 4 is 17.5 Å². The summed E-state index contributed by atoms with van der Waals surface area (Å²) >= 11 is 6.43. The average molecular weight is 388 g/mol. The lowest BCUT2D eigenvalue weighted by molar-refractivity contribution is -0.133. The average Bonchev–Trinajstić information content (AvgIpc) is 2.67. The first kappa shape index (κ1) is 19.7. The molecule has 2 aromatic rings. The number of halogens is 1. The number of rotatable bonds is 6. The minimum atomic E-state index is -0.185. The van der Waals surface area contributed by atoms with Crippen molar-refractivity contribution in [3.8, 4) is 5.75 Å². The van der Waals surface area contributed by atoms with E-state index < -0.39 is 0 Å². The highest BCUT2D eigenvalue weighted by atomic mass is 35.5. The van der Waals surface area contributed by atoms with Gasteiger partial charge in [0.25, 0.3) is 0 Å². The molecule has 1 amide bonds. The van der Waals surface area contributed by atoms with E-state index >= 15 is 0 Å². The Labute approximate surface area is 165 Å². The molecular weight excluding hydrogens is 362 g/mol. The minimum Gasteiger partial charge on any atom is -0.508 e. The second-order valence-corrected chi connectivity index (χ2v) is 7.56. The van der Waals surface area contributed by atoms with Crippen LogP contribution in [0.3, 0.4) is 0 Å². The van der Waals surface area contributed by atoms with Crippen LogP contribution in [0.2, 0.25) is 5.02 Å². The number of ether oxygens (including phenoxy) is 1. The van der Waals surface area contributed by atoms with Gasteiger partial charge >= 0.3 is 0 Å². The van der Waals surface area contributed by atoms with Crippen molar-refractivity contribution in [2.75, 3.05) is 26.8 Å². The molecule has 1 fully saturated rings. The quantitative estimate of drug-likeness (QED) is 0.796. The van der Waals surface area contributed by atoms with Gasteiger partial charge in [-0.3, -0.25) is 4.79 Å². The van der Waals surface area contributed by atoms with E-state index in [9.17, 15) is 9.90 Å². The summed E-state index contributed by atoms with van der Waals surface area (Å²) in [5.74, 6) is 0.663. The molecule has 0 aromatic heterocycles. The molecule has 1 aliphatic heterocycles. The maximum absolute atomic E-state index is 13.0. The van der Waals surface area contributed by atoms with Crippen LogP contribution in [0.5, 0.6) is 5.75 Å². The lowest BCUT2D eigenvalue weighted by atomic mass is 9.87. The Morgan fingerprint density at radius 3 is 2.63 bits per heavy atom. The van der Waals surface area contributed by atoms with Gasteiger partial charge in [-0.25, -0.2) is 0 Å². The number of methoxy groups -OCH3 is 1. The van der Waals surface area contributed by atoms with Crippen molar-refractivity contribution in [1.29, 1.82) is 0 Å². The van der Waals surface area contributed by atoms with E-state index in [1.807, 2.05) is 35.2 Å². The van der Waals surface area contributed by atoms with Gasteiger partial charge in [0.2, 0.25) is 5.91 Å². The molecule has 4 nitrogen and oxygen atoms in total. The van der Waals surface area contributed by atoms with Crippen LogP contribution < -0.4 is 0 Å². The molecule has 2 aromatic carbocycles. The van der Waals surface area contributed by atoms with Crippen LogP contribution in [0.4, 0.5) is 0 Å². The number of likely N-dealkylation sites (tertiary alicyclic amines) is 1. The predicted octanol–water partition coefficient (Wildman–Crippen LogP) is 4.45. The second-order valence-electron chi connectivity index (χ2n) is 7.15. The summed E-state index contributed by atoms with van der Waals surface area (Å²) in [6.07, 6.45) is 2.28. The Morgan fingerprint density at radius 2 is 1.96 bits per heavy atom. The molecule has 1 saturated heterocycles. The molecule has 0 bridgehead atoms. The van der Waals surface area contributed by atoms with Crippen LogP contribution in [0.1, 0.15) is 36.3 Å². The van der Waals surface area contributed by atoms with E-state index in [-0.39, 0.29) is 17.6 Å². The zero-order chi connectivity index (χ0) is 19.2. The van der Waals surface area contributed by atoms with Gasteiger partial charge in [-0.15, -0.1) is 0 Å². The summed E-state index contributed by atoms with van der Waals surface area (Å²) in [6, 6.07) is 14.7. The largest absolute Gasteiger partial charge is 0.508 e. The summed E-state index contributed by atoms with van der Waals surface area (Å²) in [4.78, 5) is 14.9. The highest BCUT2D eigenvalue weighted by molar-refractivity contribution is 6.31. The minimum absolute atomic E-state index is 0.124. The van der Waals surface area contributed by atoms with Crippen LogP contribution in [0.25, 0.3) is 0 Å². The zero-order valence-corrected chi connectivity index (χ0v) is 16.4. The number of hydrogen-bond donors (Lipinski definition) is 1. The van der Waals surface area contributed by atoms with Gasteiger partial charge in [-0.05, 0) is 48.1 Å². The Morgan fingerprint density at radius 1 is 1.22 bits per heavy atom. The molecular formula is C22H26ClNO3. The number of nitrogens with zero attached hydrogens (tertiary/aromatic N) is 1. The van der Waals surface area contributed by atoms with Crippen molar-refractivity contribution in [1.82, 2.24) is 4.90 Å². The topological polar surface area (TPSA) is 49.8 Å². The maximum atomic E-state index is 13.0. The lowest BCUT2D eigenvalue weighted by Crippen LogP contribution is -2.40. The van der Waals surface area contributed by atoms with Crippen LogP contribution in [-0.4, -0.2) is 42.7 Å². The van der Waals surface area contributed by atoms with Crippen LogP contribution in [0.15, 0.2) is 48.5 Å². The van der Waals surface area contributed by atoms with Crippen molar-refractivity contribution in [2.24, 2.45) is 5.92 Å². The van der Waals surface area contributed by atoms with Gasteiger partial charge in [0.15, 0.2) is 0 Å². The van der Waals surface area contributed by atoms with Crippen LogP contribution in [0, 0.1) is 5.92 Å². The molecule has 0 radical (unpaired) electrons. The summed E-state index contributed by atoms with van der Waals surface area (Å²) in [7, 11) is 1.72. The molecule has 1 N–H and O–H groups in total. The number of benzene rings is 2. The SMILES string of the molecule is COCC1CCN(C(=O)C[C@@H](c2cccc(O)c2)c2ccccc2Cl)CC1. The number of aromatic hydroxyl groups is 1. The number of hydrogen-bond acceptors (Lipinski definition) is 3. The van der Waals surface area contributed by atoms with E-state index in [1.54, 1.807) is 25.3 Å². The number of piperidine rings is 1. The monoisotopic (exact) mass is 387 g/mol. The molecule has 27 heavy (non-hydrogen) atoms. The van der Waals surface area contributed by atoms with Gasteiger partial charge in [-0.1, -0.05) is 41.9 Å². The molecule has 0 aliphatic carbocycles. The van der Waals surface area contributed by atoms with Gasteiger partial charge < -0.3 is 14.7 Å². The van der Waals surface area contributed by atoms with E-state index in [1.165, 1.54) is 0 Å². The highest BCUT2D eigenvalue weighted by Gasteiger charge is 2.27. The standard InChI is InChI=1S/C22H26ClNO3/c1-27-15-16-9-11-24(12-10-16)22(26)14-20(17-5-4-6-18(25)13-17)19-7-2-3-8-21(19)23/h2-8,13,16,20,25H,9-12,14-15H2,1H3/t20-/m0/s1. The summed E-state index contributed by atoms with van der Waals surface area (Å²) < 4.78 is 5.24. The van der Waals surface area contributed by atoms with Crippen molar-refractivity contribution in [2.45, 2.75) is 25.2 Å². The first-order valence-corrected chi connectivity index (χ1v) is 9.76. The Bertz CT molecular complexity index is 772. The molecule has 3 rings (SSSR count). The molecule has 5 heteroatoms. The third-order valence-electron chi connectivity index (χ3n) is 5.30. The van der Waals surface area contributed by atoms with E-state index in [0.717, 1.165) is 43.7 Å². The van der Waals surface area contributed by atoms with Crippen LogP contribution in [-0.2, 0) is 9.53 Å². The number of phenolic OH excluding ortho intramolecular Hbond substituents is 1. The zero-order valence-electron chi connectivity index (χ0n) is 15.6. The molecule has 1 heterocycles. The van der Waals surface area contributed by atoms with Crippen molar-refractivity contribution in [3.63, 3.8) is 0 Å². The second kappa shape index (κ2) is 9.25. The van der Waals surface area contributed by atoms with Gasteiger partial charge in [-0.2, -0.15) is 0 Å². The fourth-order valence-electron chi connectivity index (χ4n) is 3.80. The number of amides is 1. The number of carbonyl (C=O) groups excluding carboxylic acids is 1. The molecule has 144 valence electrons. The summed E-state index contributed by atoms with van der Waals surface area (Å²) in [5, 5.41) is 10.5. The van der Waals surface area contributed by atoms with Crippen molar-refractivity contribution < 1.29 is 14.6 Å². The molecule has 1 aliphatic rings. The maximum Gasteiger partial charge on any atom is 0.223 e. The van der Waals surface area contributed by atoms with Crippen LogP contribution >= 0.6 is 11.6 Å². The summed E-state index contributed by atoms with van der Waals surface area (Å²) in [6.45, 7) is 2.29. The Balaban J connectivity index is 1.78. The molecule has 1 atom stereocenters. The summed E-state index contributed by atoms with van der Waals surface area (Å²) in [5.41, 5.74) is 1.80. The third-order valence-corrected chi connectivity index (χ3v) is 5.65. The molecule has 0 spiro atoms.